The number of aromatic nitrogens is 1. The molecule has 1 heterocycles. The van der Waals surface area contributed by atoms with Crippen LogP contribution in [0.3, 0.4) is 0 Å². The minimum absolute atomic E-state index is 0. The molecule has 0 bridgehead atoms. The van der Waals surface area contributed by atoms with Crippen LogP contribution >= 0.6 is 0 Å². The van der Waals surface area contributed by atoms with E-state index in [1.54, 1.807) is 12.1 Å². The zero-order chi connectivity index (χ0) is 8.55. The smallest absolute Gasteiger partial charge is 0.423 e. The van der Waals surface area contributed by atoms with E-state index in [1.807, 2.05) is 18.3 Å². The van der Waals surface area contributed by atoms with E-state index in [9.17, 15) is 0 Å². The zero-order valence-electron chi connectivity index (χ0n) is 6.36. The van der Waals surface area contributed by atoms with Gasteiger partial charge in [0, 0.05) is 13.1 Å². The molecule has 1 aromatic heterocycles. The van der Waals surface area contributed by atoms with Gasteiger partial charge in [-0.15, -0.1) is 0 Å². The second-order valence-corrected chi connectivity index (χ2v) is 2.70. The molecule has 0 atom stereocenters. The quantitative estimate of drug-likeness (QED) is 0.522. The van der Waals surface area contributed by atoms with E-state index in [-0.39, 0.29) is 1.43 Å². The highest BCUT2D eigenvalue weighted by Crippen LogP contribution is 2.08. The minimum atomic E-state index is -1.38. The molecule has 0 radical (unpaired) electrons. The third-order valence-corrected chi connectivity index (χ3v) is 1.88. The van der Waals surface area contributed by atoms with Crippen molar-refractivity contribution >= 4 is 23.5 Å². The Hall–Kier alpha value is -1.26. The topological polar surface area (TPSA) is 56.2 Å². The Morgan fingerprint density at radius 1 is 1.25 bits per heavy atom. The Balaban J connectivity index is 0.000000845. The lowest BCUT2D eigenvalue weighted by Gasteiger charge is -1.97. The molecule has 3 nitrogen and oxygen atoms in total. The van der Waals surface area contributed by atoms with Gasteiger partial charge in [0.25, 0.3) is 0 Å². The van der Waals surface area contributed by atoms with Gasteiger partial charge in [-0.25, -0.2) is 0 Å². The van der Waals surface area contributed by atoms with Gasteiger partial charge in [0.15, 0.2) is 0 Å². The van der Waals surface area contributed by atoms with E-state index in [4.69, 9.17) is 10.0 Å². The van der Waals surface area contributed by atoms with E-state index >= 15 is 0 Å². The Bertz CT molecular complexity index is 402. The molecule has 0 aliphatic rings. The van der Waals surface area contributed by atoms with Crippen molar-refractivity contribution in [1.29, 1.82) is 0 Å². The average molecular weight is 163 g/mol. The number of H-pyrrole nitrogens is 1. The number of nitrogens with one attached hydrogen (secondary N) is 1. The largest absolute Gasteiger partial charge is 0.488 e. The predicted octanol–water partition coefficient (Wildman–Crippen LogP) is 0.0937. The molecule has 0 unspecified atom stereocenters. The number of fused-ring (bicyclic) bond motifs is 1. The van der Waals surface area contributed by atoms with E-state index in [1.165, 1.54) is 0 Å². The molecule has 0 amide bonds. The van der Waals surface area contributed by atoms with Gasteiger partial charge < -0.3 is 15.0 Å². The van der Waals surface area contributed by atoms with Gasteiger partial charge in [-0.05, 0) is 23.0 Å². The van der Waals surface area contributed by atoms with E-state index in [2.05, 4.69) is 4.98 Å². The fourth-order valence-corrected chi connectivity index (χ4v) is 1.23. The molecular weight excluding hydrogens is 153 g/mol. The monoisotopic (exact) mass is 163 g/mol. The van der Waals surface area contributed by atoms with Gasteiger partial charge in [-0.3, -0.25) is 0 Å². The Morgan fingerprint density at radius 3 is 2.83 bits per heavy atom. The molecule has 2 rings (SSSR count). The van der Waals surface area contributed by atoms with Crippen LogP contribution in [0.4, 0.5) is 0 Å². The fourth-order valence-electron chi connectivity index (χ4n) is 1.23. The SMILES string of the molecule is OB(O)c1ccc2[nH]ccc2c1.[HH]. The second-order valence-electron chi connectivity index (χ2n) is 2.70. The fraction of sp³-hybridized carbons (Fsp3) is 0. The van der Waals surface area contributed by atoms with E-state index < -0.39 is 7.12 Å². The Morgan fingerprint density at radius 2 is 2.08 bits per heavy atom. The number of rotatable bonds is 1. The van der Waals surface area contributed by atoms with Gasteiger partial charge in [0.2, 0.25) is 0 Å². The van der Waals surface area contributed by atoms with Crippen LogP contribution < -0.4 is 5.46 Å². The molecule has 4 heteroatoms. The number of benzene rings is 1. The summed E-state index contributed by atoms with van der Waals surface area (Å²) >= 11 is 0. The highest BCUT2D eigenvalue weighted by Gasteiger charge is 2.10. The van der Waals surface area contributed by atoms with Crippen molar-refractivity contribution in [1.82, 2.24) is 4.98 Å². The van der Waals surface area contributed by atoms with Crippen LogP contribution in [0.1, 0.15) is 1.43 Å². The van der Waals surface area contributed by atoms with Crippen LogP contribution in [-0.2, 0) is 0 Å². The van der Waals surface area contributed by atoms with Crippen LogP contribution in [0.2, 0.25) is 0 Å². The lowest BCUT2D eigenvalue weighted by Crippen LogP contribution is -2.29. The third-order valence-electron chi connectivity index (χ3n) is 1.88. The van der Waals surface area contributed by atoms with E-state index in [0.717, 1.165) is 10.9 Å². The van der Waals surface area contributed by atoms with Gasteiger partial charge in [-0.1, -0.05) is 12.1 Å². The summed E-state index contributed by atoms with van der Waals surface area (Å²) in [5.74, 6) is 0. The highest BCUT2D eigenvalue weighted by molar-refractivity contribution is 6.58. The first-order chi connectivity index (χ1) is 5.77. The molecule has 2 aromatic rings. The van der Waals surface area contributed by atoms with Crippen LogP contribution in [0.5, 0.6) is 0 Å². The van der Waals surface area contributed by atoms with Crippen molar-refractivity contribution in [2.45, 2.75) is 0 Å². The first kappa shape index (κ1) is 7.40. The summed E-state index contributed by atoms with van der Waals surface area (Å²) in [6.07, 6.45) is 1.82. The lowest BCUT2D eigenvalue weighted by molar-refractivity contribution is 0.426. The lowest BCUT2D eigenvalue weighted by atomic mass is 9.80. The van der Waals surface area contributed by atoms with Crippen LogP contribution in [-0.4, -0.2) is 22.2 Å². The summed E-state index contributed by atoms with van der Waals surface area (Å²) in [6, 6.07) is 7.14. The van der Waals surface area contributed by atoms with Gasteiger partial charge in [-0.2, -0.15) is 0 Å². The molecular formula is C8H10BNO2. The van der Waals surface area contributed by atoms with Gasteiger partial charge >= 0.3 is 7.12 Å². The molecule has 0 aliphatic carbocycles. The normalized spacial score (nSPS) is 10.5. The number of hydrogen-bond acceptors (Lipinski definition) is 2. The van der Waals surface area contributed by atoms with E-state index in [0.29, 0.717) is 5.46 Å². The molecule has 0 fully saturated rings. The Labute approximate surface area is 71.3 Å². The zero-order valence-corrected chi connectivity index (χ0v) is 6.36. The molecule has 0 spiro atoms. The van der Waals surface area contributed by atoms with Gasteiger partial charge in [0.05, 0.1) is 0 Å². The number of aromatic amines is 1. The van der Waals surface area contributed by atoms with Crippen molar-refractivity contribution in [3.63, 3.8) is 0 Å². The molecule has 3 N–H and O–H groups in total. The summed E-state index contributed by atoms with van der Waals surface area (Å²) in [4.78, 5) is 3.02. The summed E-state index contributed by atoms with van der Waals surface area (Å²) in [5.41, 5.74) is 1.52. The molecule has 0 aliphatic heterocycles. The van der Waals surface area contributed by atoms with Crippen LogP contribution in [0, 0.1) is 0 Å². The maximum Gasteiger partial charge on any atom is 0.488 e. The van der Waals surface area contributed by atoms with Crippen molar-refractivity contribution in [3.05, 3.63) is 30.5 Å². The summed E-state index contributed by atoms with van der Waals surface area (Å²) in [6.45, 7) is 0. The molecule has 1 aromatic carbocycles. The van der Waals surface area contributed by atoms with Crippen molar-refractivity contribution < 1.29 is 11.5 Å². The molecule has 0 saturated heterocycles. The second kappa shape index (κ2) is 2.66. The molecule has 12 heavy (non-hydrogen) atoms. The van der Waals surface area contributed by atoms with Crippen molar-refractivity contribution in [2.24, 2.45) is 0 Å². The maximum absolute atomic E-state index is 8.87. The first-order valence-electron chi connectivity index (χ1n) is 3.70. The Kier molecular flexibility index (Phi) is 1.64. The average Bonchev–Trinajstić information content (AvgIpc) is 2.49. The standard InChI is InChI=1S/C8H8BNO2.H2/c11-9(12)7-1-2-8-6(5-7)3-4-10-8;/h1-5,10-12H;1H. The summed E-state index contributed by atoms with van der Waals surface area (Å²) < 4.78 is 0. The highest BCUT2D eigenvalue weighted by atomic mass is 16.4. The van der Waals surface area contributed by atoms with Crippen molar-refractivity contribution in [2.75, 3.05) is 0 Å². The van der Waals surface area contributed by atoms with Crippen LogP contribution in [0.15, 0.2) is 30.5 Å². The molecule has 0 saturated carbocycles. The maximum atomic E-state index is 8.87. The summed E-state index contributed by atoms with van der Waals surface area (Å²) in [5, 5.41) is 18.7. The number of hydrogen-bond donors (Lipinski definition) is 3. The third kappa shape index (κ3) is 1.11. The molecule has 62 valence electrons. The van der Waals surface area contributed by atoms with Crippen LogP contribution in [0.25, 0.3) is 10.9 Å². The first-order valence-corrected chi connectivity index (χ1v) is 3.70. The predicted molar refractivity (Wildman–Crippen MR) is 50.2 cm³/mol. The van der Waals surface area contributed by atoms with Gasteiger partial charge in [0.1, 0.15) is 0 Å². The summed E-state index contributed by atoms with van der Waals surface area (Å²) in [7, 11) is -1.38. The minimum Gasteiger partial charge on any atom is -0.423 e. The van der Waals surface area contributed by atoms with Crippen molar-refractivity contribution in [3.8, 4) is 0 Å².